The predicted molar refractivity (Wildman–Crippen MR) is 49.8 cm³/mol. The number of nitrogens with two attached hydrogens (primary N) is 2. The van der Waals surface area contributed by atoms with Gasteiger partial charge in [0.15, 0.2) is 0 Å². The molecule has 15 heavy (non-hydrogen) atoms. The number of aliphatic carboxylic acids is 1. The monoisotopic (exact) mass is 246 g/mol. The number of hydrogen-bond donors (Lipinski definition) is 7. The van der Waals surface area contributed by atoms with Crippen molar-refractivity contribution in [1.82, 2.24) is 0 Å². The number of aliphatic hydroxyl groups is 2. The van der Waals surface area contributed by atoms with Gasteiger partial charge in [-0.1, -0.05) is 0 Å². The standard InChI is InChI=1S/C3H7NO3.C2H8NO4P/c4-2(1-5)3(6)7;3-2(1-4)8(5,6)7/h2,5H,1,4H2,(H,6,7);2,4H,1,3H2,(H2,5,6,7). The van der Waals surface area contributed by atoms with Crippen molar-refractivity contribution >= 4 is 13.6 Å². The van der Waals surface area contributed by atoms with Crippen LogP contribution in [0.1, 0.15) is 0 Å². The molecule has 0 aliphatic heterocycles. The molecule has 0 rings (SSSR count). The summed E-state index contributed by atoms with van der Waals surface area (Å²) < 4.78 is 9.97. The Morgan fingerprint density at radius 2 is 1.60 bits per heavy atom. The summed E-state index contributed by atoms with van der Waals surface area (Å²) >= 11 is 0. The maximum absolute atomic E-state index is 9.97. The highest BCUT2D eigenvalue weighted by atomic mass is 31.2. The molecular weight excluding hydrogens is 231 g/mol. The van der Waals surface area contributed by atoms with E-state index in [2.05, 4.69) is 0 Å². The second-order valence-corrected chi connectivity index (χ2v) is 4.31. The van der Waals surface area contributed by atoms with Gasteiger partial charge < -0.3 is 36.6 Å². The average Bonchev–Trinajstić information content (AvgIpc) is 2.14. The molecule has 0 heterocycles. The van der Waals surface area contributed by atoms with Crippen LogP contribution in [0.25, 0.3) is 0 Å². The van der Waals surface area contributed by atoms with Crippen molar-refractivity contribution < 1.29 is 34.5 Å². The van der Waals surface area contributed by atoms with E-state index in [1.54, 1.807) is 0 Å². The molecule has 0 aliphatic rings. The minimum absolute atomic E-state index is 0.505. The molecule has 0 fully saturated rings. The summed E-state index contributed by atoms with van der Waals surface area (Å²) in [4.78, 5) is 25.9. The molecule has 0 aliphatic carbocycles. The molecule has 2 unspecified atom stereocenters. The zero-order valence-corrected chi connectivity index (χ0v) is 8.62. The van der Waals surface area contributed by atoms with E-state index in [4.69, 9.17) is 36.6 Å². The fourth-order valence-electron chi connectivity index (χ4n) is 0.184. The second-order valence-electron chi connectivity index (χ2n) is 2.47. The quantitative estimate of drug-likeness (QED) is 0.251. The fraction of sp³-hybridized carbons (Fsp3) is 0.800. The van der Waals surface area contributed by atoms with Crippen LogP contribution in [0.4, 0.5) is 0 Å². The van der Waals surface area contributed by atoms with Gasteiger partial charge in [0.05, 0.1) is 13.2 Å². The predicted octanol–water partition coefficient (Wildman–Crippen LogP) is -3.17. The third kappa shape index (κ3) is 9.76. The Morgan fingerprint density at radius 3 is 1.60 bits per heavy atom. The summed E-state index contributed by atoms with van der Waals surface area (Å²) in [7, 11) is -4.23. The molecule has 0 radical (unpaired) electrons. The third-order valence-corrected chi connectivity index (χ3v) is 2.16. The molecular formula is C5H15N2O7P. The minimum atomic E-state index is -4.23. The Bertz CT molecular complexity index is 229. The smallest absolute Gasteiger partial charge is 0.344 e. The van der Waals surface area contributed by atoms with E-state index in [0.717, 1.165) is 0 Å². The Morgan fingerprint density at radius 1 is 1.20 bits per heavy atom. The van der Waals surface area contributed by atoms with Crippen LogP contribution in [0.15, 0.2) is 0 Å². The molecule has 0 bridgehead atoms. The third-order valence-electron chi connectivity index (χ3n) is 1.13. The first kappa shape index (κ1) is 16.9. The van der Waals surface area contributed by atoms with Crippen LogP contribution in [0.2, 0.25) is 0 Å². The maximum Gasteiger partial charge on any atom is 0.344 e. The number of carboxylic acids is 1. The zero-order chi connectivity index (χ0) is 12.6. The SMILES string of the molecule is NC(CO)C(=O)O.NC(CO)P(=O)(O)O. The van der Waals surface area contributed by atoms with Gasteiger partial charge in [-0.25, -0.2) is 0 Å². The van der Waals surface area contributed by atoms with Crippen LogP contribution < -0.4 is 11.5 Å². The van der Waals surface area contributed by atoms with Crippen LogP contribution in [0, 0.1) is 0 Å². The lowest BCUT2D eigenvalue weighted by molar-refractivity contribution is -0.139. The van der Waals surface area contributed by atoms with Gasteiger partial charge in [0.2, 0.25) is 0 Å². The summed E-state index contributed by atoms with van der Waals surface area (Å²) in [6, 6.07) is -1.13. The average molecular weight is 246 g/mol. The van der Waals surface area contributed by atoms with E-state index >= 15 is 0 Å². The Balaban J connectivity index is 0. The van der Waals surface area contributed by atoms with Gasteiger partial charge in [-0.3, -0.25) is 9.36 Å². The normalized spacial score (nSPS) is 14.8. The molecule has 2 atom stereocenters. The van der Waals surface area contributed by atoms with Gasteiger partial charge in [0, 0.05) is 0 Å². The molecule has 0 aromatic carbocycles. The summed E-state index contributed by atoms with van der Waals surface area (Å²) in [5.41, 5.74) is 9.50. The van der Waals surface area contributed by atoms with E-state index in [9.17, 15) is 9.36 Å². The van der Waals surface area contributed by atoms with E-state index < -0.39 is 38.6 Å². The number of aliphatic hydroxyl groups excluding tert-OH is 2. The summed E-state index contributed by atoms with van der Waals surface area (Å²) in [6.07, 6.45) is 0. The first-order valence-corrected chi connectivity index (χ1v) is 5.35. The Labute approximate surface area is 85.5 Å². The lowest BCUT2D eigenvalue weighted by Gasteiger charge is -2.08. The molecule has 10 heteroatoms. The summed E-state index contributed by atoms with van der Waals surface area (Å²) in [5.74, 6) is -2.61. The van der Waals surface area contributed by atoms with Crippen LogP contribution in [-0.4, -0.2) is 56.1 Å². The summed E-state index contributed by atoms with van der Waals surface area (Å²) in [6.45, 7) is -1.19. The summed E-state index contributed by atoms with van der Waals surface area (Å²) in [5, 5.41) is 23.9. The number of rotatable bonds is 4. The van der Waals surface area contributed by atoms with Crippen molar-refractivity contribution in [1.29, 1.82) is 0 Å². The molecule has 9 N–H and O–H groups in total. The number of carboxylic acid groups (broad SMARTS) is 1. The van der Waals surface area contributed by atoms with Crippen LogP contribution in [0.5, 0.6) is 0 Å². The molecule has 92 valence electrons. The van der Waals surface area contributed by atoms with Gasteiger partial charge in [0.1, 0.15) is 11.8 Å². The van der Waals surface area contributed by atoms with Crippen molar-refractivity contribution in [2.24, 2.45) is 11.5 Å². The first-order chi connectivity index (χ1) is 6.66. The molecule has 0 amide bonds. The Kier molecular flexibility index (Phi) is 8.68. The lowest BCUT2D eigenvalue weighted by atomic mass is 10.3. The minimum Gasteiger partial charge on any atom is -0.480 e. The van der Waals surface area contributed by atoms with Gasteiger partial charge >= 0.3 is 13.6 Å². The zero-order valence-electron chi connectivity index (χ0n) is 7.72. The molecule has 0 saturated heterocycles. The maximum atomic E-state index is 9.97. The van der Waals surface area contributed by atoms with E-state index in [1.165, 1.54) is 0 Å². The van der Waals surface area contributed by atoms with Crippen molar-refractivity contribution in [3.05, 3.63) is 0 Å². The van der Waals surface area contributed by atoms with Crippen molar-refractivity contribution in [3.63, 3.8) is 0 Å². The second kappa shape index (κ2) is 7.71. The molecule has 0 spiro atoms. The van der Waals surface area contributed by atoms with Crippen molar-refractivity contribution in [2.75, 3.05) is 13.2 Å². The van der Waals surface area contributed by atoms with Crippen LogP contribution in [-0.2, 0) is 9.36 Å². The van der Waals surface area contributed by atoms with Gasteiger partial charge in [-0.15, -0.1) is 0 Å². The highest BCUT2D eigenvalue weighted by Crippen LogP contribution is 2.37. The molecule has 0 aromatic heterocycles. The van der Waals surface area contributed by atoms with Gasteiger partial charge in [-0.2, -0.15) is 0 Å². The molecule has 0 aromatic rings. The van der Waals surface area contributed by atoms with Crippen molar-refractivity contribution in [3.8, 4) is 0 Å². The highest BCUT2D eigenvalue weighted by molar-refractivity contribution is 7.52. The highest BCUT2D eigenvalue weighted by Gasteiger charge is 2.22. The fourth-order valence-corrected chi connectivity index (χ4v) is 0.397. The number of carbonyl (C=O) groups is 1. The van der Waals surface area contributed by atoms with E-state index in [1.807, 2.05) is 0 Å². The van der Waals surface area contributed by atoms with E-state index in [-0.39, 0.29) is 0 Å². The van der Waals surface area contributed by atoms with E-state index in [0.29, 0.717) is 0 Å². The molecule has 0 saturated carbocycles. The van der Waals surface area contributed by atoms with Gasteiger partial charge in [0.25, 0.3) is 0 Å². The number of hydrogen-bond acceptors (Lipinski definition) is 6. The Hall–Kier alpha value is -0.540. The lowest BCUT2D eigenvalue weighted by Crippen LogP contribution is -2.33. The van der Waals surface area contributed by atoms with Crippen LogP contribution in [0.3, 0.4) is 0 Å². The van der Waals surface area contributed by atoms with Gasteiger partial charge in [-0.05, 0) is 0 Å². The van der Waals surface area contributed by atoms with Crippen molar-refractivity contribution in [2.45, 2.75) is 11.8 Å². The largest absolute Gasteiger partial charge is 0.480 e. The topological polar surface area (TPSA) is 187 Å². The van der Waals surface area contributed by atoms with Crippen LogP contribution >= 0.6 is 7.60 Å². The molecule has 9 nitrogen and oxygen atoms in total. The first-order valence-electron chi connectivity index (χ1n) is 3.67.